The van der Waals surface area contributed by atoms with E-state index < -0.39 is 0 Å². The minimum absolute atomic E-state index is 0.0127. The second-order valence-electron chi connectivity index (χ2n) is 7.34. The van der Waals surface area contributed by atoms with Crippen LogP contribution in [0.2, 0.25) is 0 Å². The van der Waals surface area contributed by atoms with Crippen molar-refractivity contribution in [3.05, 3.63) is 77.8 Å². The topological polar surface area (TPSA) is 9.72 Å². The van der Waals surface area contributed by atoms with Gasteiger partial charge in [0.05, 0.1) is 6.04 Å². The summed E-state index contributed by atoms with van der Waals surface area (Å²) in [7, 11) is 0. The van der Waals surface area contributed by atoms with Crippen LogP contribution in [0.25, 0.3) is 0 Å². The molecule has 0 bridgehead atoms. The van der Waals surface area contributed by atoms with Gasteiger partial charge in [0, 0.05) is 39.3 Å². The fraction of sp³-hybridized carbons (Fsp3) is 0.409. The zero-order valence-electron chi connectivity index (χ0n) is 15.5. The number of benzene rings is 2. The lowest BCUT2D eigenvalue weighted by Gasteiger charge is -2.44. The molecule has 0 saturated carbocycles. The standard InChI is InChI=1S/C22H26F2N3/c23-20-8-4-18(5-9-20)22(19-6-10-21(24)11-7-19)25-14-16-27(17-15-25)26-12-2-1-3-13-26/h4-12,22H,1-3,13-17H2. The fourth-order valence-corrected chi connectivity index (χ4v) is 4.14. The molecular formula is C22H26F2N3. The maximum atomic E-state index is 13.4. The molecule has 2 aliphatic heterocycles. The van der Waals surface area contributed by atoms with Crippen molar-refractivity contribution >= 4 is 0 Å². The summed E-state index contributed by atoms with van der Waals surface area (Å²) < 4.78 is 26.9. The van der Waals surface area contributed by atoms with Gasteiger partial charge in [-0.05, 0) is 48.2 Å². The monoisotopic (exact) mass is 370 g/mol. The summed E-state index contributed by atoms with van der Waals surface area (Å²) in [6.45, 7) is 7.20. The van der Waals surface area contributed by atoms with E-state index in [1.54, 1.807) is 0 Å². The molecule has 4 rings (SSSR count). The number of hydrazine groups is 1. The lowest BCUT2D eigenvalue weighted by Crippen LogP contribution is -2.54. The highest BCUT2D eigenvalue weighted by molar-refractivity contribution is 5.32. The Hall–Kier alpha value is -1.82. The first-order chi connectivity index (χ1) is 13.2. The molecule has 2 saturated heterocycles. The van der Waals surface area contributed by atoms with E-state index in [0.717, 1.165) is 50.3 Å². The molecular weight excluding hydrogens is 344 g/mol. The first kappa shape index (κ1) is 18.5. The van der Waals surface area contributed by atoms with Crippen molar-refractivity contribution in [3.8, 4) is 0 Å². The Bertz CT molecular complexity index is 673. The van der Waals surface area contributed by atoms with Crippen molar-refractivity contribution in [1.82, 2.24) is 14.9 Å². The number of piperazine rings is 1. The van der Waals surface area contributed by atoms with E-state index in [1.807, 2.05) is 24.3 Å². The van der Waals surface area contributed by atoms with E-state index in [0.29, 0.717) is 0 Å². The van der Waals surface area contributed by atoms with Gasteiger partial charge in [0.15, 0.2) is 0 Å². The number of halogens is 2. The Kier molecular flexibility index (Phi) is 5.81. The van der Waals surface area contributed by atoms with Gasteiger partial charge in [-0.3, -0.25) is 4.90 Å². The van der Waals surface area contributed by atoms with Crippen LogP contribution in [0, 0.1) is 18.2 Å². The smallest absolute Gasteiger partial charge is 0.123 e. The molecule has 27 heavy (non-hydrogen) atoms. The lowest BCUT2D eigenvalue weighted by atomic mass is 9.96. The summed E-state index contributed by atoms with van der Waals surface area (Å²) in [5.74, 6) is -0.468. The molecule has 5 heteroatoms. The summed E-state index contributed by atoms with van der Waals surface area (Å²) in [6.07, 6.45) is 3.70. The molecule has 3 nitrogen and oxygen atoms in total. The molecule has 2 aliphatic rings. The van der Waals surface area contributed by atoms with Gasteiger partial charge in [-0.1, -0.05) is 30.7 Å². The van der Waals surface area contributed by atoms with Gasteiger partial charge >= 0.3 is 0 Å². The van der Waals surface area contributed by atoms with Gasteiger partial charge in [-0.2, -0.15) is 0 Å². The highest BCUT2D eigenvalue weighted by atomic mass is 19.1. The van der Waals surface area contributed by atoms with E-state index in [1.165, 1.54) is 37.1 Å². The molecule has 143 valence electrons. The maximum Gasteiger partial charge on any atom is 0.123 e. The maximum absolute atomic E-state index is 13.4. The van der Waals surface area contributed by atoms with Crippen LogP contribution in [-0.2, 0) is 0 Å². The fourth-order valence-electron chi connectivity index (χ4n) is 4.14. The Labute approximate surface area is 160 Å². The summed E-state index contributed by atoms with van der Waals surface area (Å²) in [6, 6.07) is 13.4. The third kappa shape index (κ3) is 4.37. The number of nitrogens with zero attached hydrogens (tertiary/aromatic N) is 3. The molecule has 0 spiro atoms. The highest BCUT2D eigenvalue weighted by Gasteiger charge is 2.29. The predicted molar refractivity (Wildman–Crippen MR) is 103 cm³/mol. The van der Waals surface area contributed by atoms with E-state index >= 15 is 0 Å². The van der Waals surface area contributed by atoms with Gasteiger partial charge < -0.3 is 0 Å². The zero-order valence-corrected chi connectivity index (χ0v) is 15.5. The van der Waals surface area contributed by atoms with Gasteiger partial charge in [0.25, 0.3) is 0 Å². The first-order valence-corrected chi connectivity index (χ1v) is 9.80. The van der Waals surface area contributed by atoms with Gasteiger partial charge in [-0.15, -0.1) is 0 Å². The third-order valence-corrected chi connectivity index (χ3v) is 5.57. The molecule has 0 unspecified atom stereocenters. The van der Waals surface area contributed by atoms with Crippen molar-refractivity contribution in [2.24, 2.45) is 0 Å². The second-order valence-corrected chi connectivity index (χ2v) is 7.34. The van der Waals surface area contributed by atoms with Crippen LogP contribution in [0.3, 0.4) is 0 Å². The Morgan fingerprint density at radius 1 is 0.667 bits per heavy atom. The Balaban J connectivity index is 1.52. The number of rotatable bonds is 4. The molecule has 0 amide bonds. The number of hydrogen-bond acceptors (Lipinski definition) is 3. The number of hydrogen-bond donors (Lipinski definition) is 0. The molecule has 0 aromatic heterocycles. The minimum Gasteiger partial charge on any atom is -0.290 e. The molecule has 2 aromatic rings. The van der Waals surface area contributed by atoms with Crippen LogP contribution in [0.15, 0.2) is 48.5 Å². The minimum atomic E-state index is -0.234. The van der Waals surface area contributed by atoms with E-state index in [9.17, 15) is 8.78 Å². The van der Waals surface area contributed by atoms with Crippen LogP contribution in [0.1, 0.15) is 36.4 Å². The summed E-state index contributed by atoms with van der Waals surface area (Å²) in [4.78, 5) is 2.42. The van der Waals surface area contributed by atoms with Crippen LogP contribution in [-0.4, -0.2) is 47.6 Å². The van der Waals surface area contributed by atoms with E-state index in [4.69, 9.17) is 0 Å². The van der Waals surface area contributed by atoms with Gasteiger partial charge in [0.2, 0.25) is 0 Å². The van der Waals surface area contributed by atoms with Crippen molar-refractivity contribution < 1.29 is 8.78 Å². The Morgan fingerprint density at radius 2 is 1.22 bits per heavy atom. The lowest BCUT2D eigenvalue weighted by molar-refractivity contribution is -0.0509. The molecule has 0 atom stereocenters. The highest BCUT2D eigenvalue weighted by Crippen LogP contribution is 2.30. The van der Waals surface area contributed by atoms with Crippen molar-refractivity contribution in [3.63, 3.8) is 0 Å². The first-order valence-electron chi connectivity index (χ1n) is 9.80. The third-order valence-electron chi connectivity index (χ3n) is 5.57. The zero-order chi connectivity index (χ0) is 18.6. The largest absolute Gasteiger partial charge is 0.290 e. The van der Waals surface area contributed by atoms with E-state index in [2.05, 4.69) is 21.5 Å². The van der Waals surface area contributed by atoms with E-state index in [-0.39, 0.29) is 17.7 Å². The van der Waals surface area contributed by atoms with Crippen molar-refractivity contribution in [2.75, 3.05) is 32.7 Å². The molecule has 2 fully saturated rings. The quantitative estimate of drug-likeness (QED) is 0.797. The molecule has 0 aliphatic carbocycles. The van der Waals surface area contributed by atoms with Crippen LogP contribution in [0.5, 0.6) is 0 Å². The second kappa shape index (κ2) is 8.46. The van der Waals surface area contributed by atoms with Crippen molar-refractivity contribution in [2.45, 2.75) is 25.3 Å². The molecule has 2 heterocycles. The van der Waals surface area contributed by atoms with Crippen LogP contribution in [0.4, 0.5) is 8.78 Å². The average Bonchev–Trinajstić information content (AvgIpc) is 2.72. The predicted octanol–water partition coefficient (Wildman–Crippen LogP) is 4.23. The van der Waals surface area contributed by atoms with Gasteiger partial charge in [0.1, 0.15) is 11.6 Å². The number of piperidine rings is 1. The van der Waals surface area contributed by atoms with Crippen LogP contribution < -0.4 is 0 Å². The SMILES string of the molecule is Fc1ccc(C(c2ccc(F)cc2)N2CCN(N3[CH]CCCC3)CC2)cc1. The summed E-state index contributed by atoms with van der Waals surface area (Å²) in [5.41, 5.74) is 2.09. The normalized spacial score (nSPS) is 20.3. The molecule has 1 radical (unpaired) electrons. The molecule has 2 aromatic carbocycles. The summed E-state index contributed by atoms with van der Waals surface area (Å²) >= 11 is 0. The average molecular weight is 370 g/mol. The van der Waals surface area contributed by atoms with Gasteiger partial charge in [-0.25, -0.2) is 18.8 Å². The van der Waals surface area contributed by atoms with Crippen molar-refractivity contribution in [1.29, 1.82) is 0 Å². The van der Waals surface area contributed by atoms with Crippen LogP contribution >= 0.6 is 0 Å². The molecule has 0 N–H and O–H groups in total. The Morgan fingerprint density at radius 3 is 1.70 bits per heavy atom. The summed E-state index contributed by atoms with van der Waals surface area (Å²) in [5, 5.41) is 4.81.